The van der Waals surface area contributed by atoms with E-state index in [0.29, 0.717) is 0 Å². The third-order valence-corrected chi connectivity index (χ3v) is 1.60. The van der Waals surface area contributed by atoms with Crippen LogP contribution in [0.15, 0.2) is 23.1 Å². The van der Waals surface area contributed by atoms with Gasteiger partial charge in [-0.2, -0.15) is 4.90 Å². The molecule has 0 bridgehead atoms. The van der Waals surface area contributed by atoms with Crippen molar-refractivity contribution in [3.05, 3.63) is 29.6 Å². The Balaban J connectivity index is 3.17. The topological polar surface area (TPSA) is 0 Å². The van der Waals surface area contributed by atoms with Crippen molar-refractivity contribution in [1.82, 2.24) is 0 Å². The van der Waals surface area contributed by atoms with Crippen molar-refractivity contribution in [2.24, 2.45) is 0 Å². The summed E-state index contributed by atoms with van der Waals surface area (Å²) in [6.45, 7) is 1.80. The Morgan fingerprint density at radius 2 is 2.11 bits per heavy atom. The Labute approximate surface area is 59.1 Å². The second-order valence-corrected chi connectivity index (χ2v) is 2.35. The molecule has 0 nitrogen and oxygen atoms in total. The Bertz CT molecular complexity index is 220. The number of halogens is 1. The van der Waals surface area contributed by atoms with E-state index in [2.05, 4.69) is 0 Å². The molecule has 48 valence electrons. The summed E-state index contributed by atoms with van der Waals surface area (Å²) in [6.07, 6.45) is 0. The van der Waals surface area contributed by atoms with E-state index in [-0.39, 0.29) is 5.82 Å². The predicted molar refractivity (Wildman–Crippen MR) is 36.8 cm³/mol. The fraction of sp³-hybridized carbons (Fsp3) is 0.143. The van der Waals surface area contributed by atoms with Crippen LogP contribution in [0.3, 0.4) is 0 Å². The summed E-state index contributed by atoms with van der Waals surface area (Å²) in [4.78, 5) is 0.719. The molecule has 0 aliphatic rings. The molecule has 1 aromatic carbocycles. The standard InChI is InChI=1S/C7H7FS/c1-5-4-6(8)2-3-7(5)9/h2-4,9H,1H3/p-1. The summed E-state index contributed by atoms with van der Waals surface area (Å²) in [7, 11) is 0. The molecule has 1 aromatic rings. The maximum Gasteiger partial charge on any atom is 0.123 e. The molecule has 2 heteroatoms. The zero-order valence-corrected chi connectivity index (χ0v) is 5.83. The first-order valence-corrected chi connectivity index (χ1v) is 3.04. The van der Waals surface area contributed by atoms with E-state index in [9.17, 15) is 4.39 Å². The van der Waals surface area contributed by atoms with Crippen molar-refractivity contribution in [2.45, 2.75) is 11.8 Å². The van der Waals surface area contributed by atoms with E-state index in [1.54, 1.807) is 13.0 Å². The Morgan fingerprint density at radius 1 is 1.44 bits per heavy atom. The molecule has 0 atom stereocenters. The predicted octanol–water partition coefficient (Wildman–Crippen LogP) is 2.04. The Morgan fingerprint density at radius 3 is 2.56 bits per heavy atom. The molecule has 0 unspecified atom stereocenters. The van der Waals surface area contributed by atoms with Crippen LogP contribution in [0.25, 0.3) is 0 Å². The zero-order chi connectivity index (χ0) is 6.85. The average molecular weight is 141 g/mol. The first-order chi connectivity index (χ1) is 4.20. The van der Waals surface area contributed by atoms with E-state index < -0.39 is 0 Å². The Hall–Kier alpha value is -0.630. The van der Waals surface area contributed by atoms with Gasteiger partial charge in [0.15, 0.2) is 0 Å². The van der Waals surface area contributed by atoms with E-state index in [0.717, 1.165) is 10.5 Å². The zero-order valence-electron chi connectivity index (χ0n) is 5.02. The van der Waals surface area contributed by atoms with Gasteiger partial charge in [-0.3, -0.25) is 0 Å². The second-order valence-electron chi connectivity index (χ2n) is 1.91. The molecule has 1 rings (SSSR count). The van der Waals surface area contributed by atoms with Crippen molar-refractivity contribution in [2.75, 3.05) is 0 Å². The van der Waals surface area contributed by atoms with Gasteiger partial charge in [0.25, 0.3) is 0 Å². The first-order valence-electron chi connectivity index (χ1n) is 2.63. The molecule has 0 aliphatic heterocycles. The fourth-order valence-electron chi connectivity index (χ4n) is 0.613. The molecule has 0 heterocycles. The first kappa shape index (κ1) is 6.49. The summed E-state index contributed by atoms with van der Waals surface area (Å²) >= 11 is 4.85. The summed E-state index contributed by atoms with van der Waals surface area (Å²) in [5.41, 5.74) is 0.824. The molecular weight excluding hydrogens is 135 g/mol. The maximum absolute atomic E-state index is 12.3. The summed E-state index contributed by atoms with van der Waals surface area (Å²) < 4.78 is 12.3. The third kappa shape index (κ3) is 1.39. The summed E-state index contributed by atoms with van der Waals surface area (Å²) in [5.74, 6) is -0.221. The molecular formula is C7H6FS-. The van der Waals surface area contributed by atoms with Crippen LogP contribution < -0.4 is 0 Å². The van der Waals surface area contributed by atoms with E-state index >= 15 is 0 Å². The largest absolute Gasteiger partial charge is 0.779 e. The smallest absolute Gasteiger partial charge is 0.123 e. The lowest BCUT2D eigenvalue weighted by atomic mass is 10.2. The van der Waals surface area contributed by atoms with Gasteiger partial charge >= 0.3 is 0 Å². The molecule has 0 saturated carbocycles. The number of rotatable bonds is 0. The minimum Gasteiger partial charge on any atom is -0.779 e. The van der Waals surface area contributed by atoms with Crippen molar-refractivity contribution < 1.29 is 4.39 Å². The average Bonchev–Trinajstić information content (AvgIpc) is 1.80. The van der Waals surface area contributed by atoms with Crippen LogP contribution in [0.4, 0.5) is 4.39 Å². The second kappa shape index (κ2) is 2.31. The SMILES string of the molecule is Cc1cc(F)ccc1[S-]. The normalized spacial score (nSPS) is 9.56. The van der Waals surface area contributed by atoms with Crippen molar-refractivity contribution in [3.63, 3.8) is 0 Å². The van der Waals surface area contributed by atoms with E-state index in [1.165, 1.54) is 12.1 Å². The van der Waals surface area contributed by atoms with E-state index in [1.807, 2.05) is 0 Å². The number of hydrogen-bond acceptors (Lipinski definition) is 1. The summed E-state index contributed by atoms with van der Waals surface area (Å²) in [6, 6.07) is 4.40. The third-order valence-electron chi connectivity index (χ3n) is 1.14. The van der Waals surface area contributed by atoms with Crippen LogP contribution in [0, 0.1) is 12.7 Å². The van der Waals surface area contributed by atoms with E-state index in [4.69, 9.17) is 12.6 Å². The highest BCUT2D eigenvalue weighted by atomic mass is 32.1. The lowest BCUT2D eigenvalue weighted by molar-refractivity contribution is 0.625. The van der Waals surface area contributed by atoms with Gasteiger partial charge in [0, 0.05) is 0 Å². The Kier molecular flexibility index (Phi) is 1.67. The molecule has 9 heavy (non-hydrogen) atoms. The van der Waals surface area contributed by atoms with Crippen molar-refractivity contribution in [1.29, 1.82) is 0 Å². The minimum absolute atomic E-state index is 0.221. The fourth-order valence-corrected chi connectivity index (χ4v) is 0.740. The highest BCUT2D eigenvalue weighted by Crippen LogP contribution is 2.07. The summed E-state index contributed by atoms with van der Waals surface area (Å²) in [5, 5.41) is 0. The van der Waals surface area contributed by atoms with Gasteiger partial charge in [0.05, 0.1) is 0 Å². The highest BCUT2D eigenvalue weighted by Gasteiger charge is 1.87. The van der Waals surface area contributed by atoms with Crippen LogP contribution in [0.2, 0.25) is 0 Å². The molecule has 0 aromatic heterocycles. The molecule has 0 aliphatic carbocycles. The van der Waals surface area contributed by atoms with Gasteiger partial charge in [-0.15, -0.1) is 0 Å². The van der Waals surface area contributed by atoms with Crippen LogP contribution in [-0.4, -0.2) is 0 Å². The van der Waals surface area contributed by atoms with Gasteiger partial charge in [-0.1, -0.05) is 11.6 Å². The molecule has 0 spiro atoms. The minimum atomic E-state index is -0.221. The molecule has 0 radical (unpaired) electrons. The highest BCUT2D eigenvalue weighted by molar-refractivity contribution is 7.58. The van der Waals surface area contributed by atoms with Gasteiger partial charge in [-0.05, 0) is 19.1 Å². The molecule has 0 amide bonds. The monoisotopic (exact) mass is 141 g/mol. The van der Waals surface area contributed by atoms with Crippen LogP contribution >= 0.6 is 0 Å². The van der Waals surface area contributed by atoms with Gasteiger partial charge < -0.3 is 12.6 Å². The van der Waals surface area contributed by atoms with Crippen molar-refractivity contribution >= 4 is 12.6 Å². The van der Waals surface area contributed by atoms with Crippen LogP contribution in [0.1, 0.15) is 5.56 Å². The molecule has 0 saturated heterocycles. The maximum atomic E-state index is 12.3. The molecule has 0 N–H and O–H groups in total. The van der Waals surface area contributed by atoms with Crippen molar-refractivity contribution in [3.8, 4) is 0 Å². The van der Waals surface area contributed by atoms with Crippen LogP contribution in [0.5, 0.6) is 0 Å². The van der Waals surface area contributed by atoms with Gasteiger partial charge in [0.2, 0.25) is 0 Å². The van der Waals surface area contributed by atoms with Crippen LogP contribution in [-0.2, 0) is 12.6 Å². The number of hydrogen-bond donors (Lipinski definition) is 0. The quantitative estimate of drug-likeness (QED) is 0.498. The van der Waals surface area contributed by atoms with Gasteiger partial charge in [-0.25, -0.2) is 4.39 Å². The lowest BCUT2D eigenvalue weighted by Crippen LogP contribution is -1.80. The number of benzene rings is 1. The van der Waals surface area contributed by atoms with Gasteiger partial charge in [0.1, 0.15) is 5.82 Å². The number of aryl methyl sites for hydroxylation is 1. The lowest BCUT2D eigenvalue weighted by Gasteiger charge is -2.07. The molecule has 0 fully saturated rings.